The molecule has 0 radical (unpaired) electrons. The molecule has 5 aromatic rings. The van der Waals surface area contributed by atoms with Crippen LogP contribution in [0.1, 0.15) is 109 Å². The first kappa shape index (κ1) is 33.9. The van der Waals surface area contributed by atoms with E-state index in [0.29, 0.717) is 35.5 Å². The van der Waals surface area contributed by atoms with E-state index < -0.39 is 0 Å². The molecule has 11 rings (SSSR count). The van der Waals surface area contributed by atoms with Crippen LogP contribution in [0.5, 0.6) is 0 Å². The van der Waals surface area contributed by atoms with Gasteiger partial charge in [0.05, 0.1) is 11.6 Å². The minimum atomic E-state index is 0.234. The van der Waals surface area contributed by atoms with Crippen molar-refractivity contribution in [2.24, 2.45) is 11.8 Å². The molecule has 7 unspecified atom stereocenters. The highest BCUT2D eigenvalue weighted by Gasteiger charge is 2.46. The minimum absolute atomic E-state index is 0.234. The molecule has 1 aliphatic heterocycles. The first-order chi connectivity index (χ1) is 27.8. The quantitative estimate of drug-likeness (QED) is 0.162. The molecule has 56 heavy (non-hydrogen) atoms. The summed E-state index contributed by atoms with van der Waals surface area (Å²) < 4.78 is 2.54. The van der Waals surface area contributed by atoms with Gasteiger partial charge < -0.3 is 9.47 Å². The number of anilines is 2. The Morgan fingerprint density at radius 3 is 2.36 bits per heavy atom. The lowest BCUT2D eigenvalue weighted by Crippen LogP contribution is -2.37. The first-order valence-electron chi connectivity index (χ1n) is 21.4. The summed E-state index contributed by atoms with van der Waals surface area (Å²) in [6.45, 7) is 0. The molecule has 5 aliphatic carbocycles. The van der Waals surface area contributed by atoms with Crippen LogP contribution in [-0.4, -0.2) is 15.6 Å². The SMILES string of the molecule is C1=CCC(c2cc(C3C=CCCC3)nc(N3c4ccccc4C4C(C5C=Cc6c(c7ccccc7n6-c6cccc(C7C=CCCC7)c6)C5)CC=CC43)c2)C=C1. The van der Waals surface area contributed by atoms with Gasteiger partial charge in [-0.3, -0.25) is 0 Å². The third-order valence-corrected chi connectivity index (χ3v) is 13.9. The van der Waals surface area contributed by atoms with E-state index in [4.69, 9.17) is 4.98 Å². The molecule has 278 valence electrons. The average Bonchev–Trinajstić information content (AvgIpc) is 3.80. The predicted octanol–water partition coefficient (Wildman–Crippen LogP) is 13.3. The number of benzene rings is 3. The van der Waals surface area contributed by atoms with Crippen LogP contribution in [0.4, 0.5) is 11.5 Å². The van der Waals surface area contributed by atoms with Crippen LogP contribution in [0.3, 0.4) is 0 Å². The van der Waals surface area contributed by atoms with Crippen molar-refractivity contribution in [1.29, 1.82) is 0 Å². The molecule has 0 fully saturated rings. The Hall–Kier alpha value is -5.41. The fourth-order valence-electron chi connectivity index (χ4n) is 11.2. The Morgan fingerprint density at radius 1 is 0.643 bits per heavy atom. The van der Waals surface area contributed by atoms with Crippen LogP contribution in [0.25, 0.3) is 22.7 Å². The Balaban J connectivity index is 0.965. The molecule has 0 N–H and O–H groups in total. The third kappa shape index (κ3) is 5.81. The molecular weight excluding hydrogens is 679 g/mol. The highest BCUT2D eigenvalue weighted by molar-refractivity contribution is 5.91. The molecule has 0 spiro atoms. The van der Waals surface area contributed by atoms with Crippen molar-refractivity contribution in [3.8, 4) is 5.69 Å². The molecule has 2 aromatic heterocycles. The van der Waals surface area contributed by atoms with E-state index in [-0.39, 0.29) is 6.04 Å². The Labute approximate surface area is 332 Å². The lowest BCUT2D eigenvalue weighted by Gasteiger charge is -2.39. The monoisotopic (exact) mass is 729 g/mol. The highest BCUT2D eigenvalue weighted by Crippen LogP contribution is 2.54. The van der Waals surface area contributed by atoms with Crippen molar-refractivity contribution in [2.45, 2.75) is 87.5 Å². The van der Waals surface area contributed by atoms with E-state index in [1.54, 1.807) is 0 Å². The van der Waals surface area contributed by atoms with Gasteiger partial charge in [-0.15, -0.1) is 0 Å². The van der Waals surface area contributed by atoms with Gasteiger partial charge in [-0.05, 0) is 134 Å². The van der Waals surface area contributed by atoms with Crippen molar-refractivity contribution >= 4 is 28.5 Å². The number of allylic oxidation sites excluding steroid dienone is 10. The van der Waals surface area contributed by atoms with Gasteiger partial charge in [0.15, 0.2) is 0 Å². The number of hydrogen-bond donors (Lipinski definition) is 0. The van der Waals surface area contributed by atoms with Crippen LogP contribution in [0, 0.1) is 11.8 Å². The van der Waals surface area contributed by atoms with Crippen molar-refractivity contribution in [2.75, 3.05) is 4.90 Å². The average molecular weight is 730 g/mol. The van der Waals surface area contributed by atoms with E-state index in [1.165, 1.54) is 94.4 Å². The van der Waals surface area contributed by atoms with Crippen molar-refractivity contribution in [3.63, 3.8) is 0 Å². The molecule has 0 saturated heterocycles. The van der Waals surface area contributed by atoms with Crippen LogP contribution < -0.4 is 4.90 Å². The normalized spacial score (nSPS) is 27.4. The number of pyridine rings is 1. The van der Waals surface area contributed by atoms with E-state index in [1.807, 2.05) is 0 Å². The van der Waals surface area contributed by atoms with Crippen LogP contribution >= 0.6 is 0 Å². The molecule has 3 heteroatoms. The molecule has 0 bridgehead atoms. The van der Waals surface area contributed by atoms with Gasteiger partial charge in [0.25, 0.3) is 0 Å². The van der Waals surface area contributed by atoms with Gasteiger partial charge in [0.1, 0.15) is 5.82 Å². The van der Waals surface area contributed by atoms with Gasteiger partial charge >= 0.3 is 0 Å². The number of fused-ring (bicyclic) bond motifs is 6. The van der Waals surface area contributed by atoms with E-state index in [9.17, 15) is 0 Å². The van der Waals surface area contributed by atoms with Gasteiger partial charge in [0, 0.05) is 51.8 Å². The summed E-state index contributed by atoms with van der Waals surface area (Å²) in [6, 6.07) is 32.8. The second-order valence-corrected chi connectivity index (χ2v) is 17.1. The Kier molecular flexibility index (Phi) is 8.63. The lowest BCUT2D eigenvalue weighted by atomic mass is 9.68. The Morgan fingerprint density at radius 2 is 1.50 bits per heavy atom. The standard InChI is InChI=1S/C53H51N3/c1-4-16-36(17-5-1)39-22-14-23-42(32-39)55-48-27-12-10-24-44(48)46-33-40(30-31-50(46)55)43-26-15-29-51-53(43)45-25-11-13-28-49(45)56(51)52-35-41(37-18-6-2-7-19-37)34-47(54-52)38-20-8-3-9-21-38/h2,4,6-8,10-16,18,20,22-25,27-32,34-38,40,43,51,53H,1,3,5,9,17,19,21,26,33H2. The van der Waals surface area contributed by atoms with Crippen LogP contribution in [0.15, 0.2) is 152 Å². The van der Waals surface area contributed by atoms with Crippen molar-refractivity contribution in [3.05, 3.63) is 185 Å². The number of para-hydroxylation sites is 2. The third-order valence-electron chi connectivity index (χ3n) is 13.9. The maximum Gasteiger partial charge on any atom is 0.134 e. The molecule has 3 nitrogen and oxygen atoms in total. The summed E-state index contributed by atoms with van der Waals surface area (Å²) in [4.78, 5) is 8.18. The van der Waals surface area contributed by atoms with Gasteiger partial charge in [-0.1, -0.05) is 115 Å². The summed E-state index contributed by atoms with van der Waals surface area (Å²) in [5.74, 6) is 3.70. The second kappa shape index (κ2) is 14.3. The fourth-order valence-corrected chi connectivity index (χ4v) is 11.2. The number of aromatic nitrogens is 2. The zero-order valence-corrected chi connectivity index (χ0v) is 32.3. The summed E-state index contributed by atoms with van der Waals surface area (Å²) in [5.41, 5.74) is 12.3. The van der Waals surface area contributed by atoms with E-state index >= 15 is 0 Å². The van der Waals surface area contributed by atoms with Gasteiger partial charge in [-0.2, -0.15) is 0 Å². The number of rotatable bonds is 6. The van der Waals surface area contributed by atoms with E-state index in [2.05, 4.69) is 167 Å². The van der Waals surface area contributed by atoms with Crippen LogP contribution in [-0.2, 0) is 6.42 Å². The maximum atomic E-state index is 5.57. The maximum absolute atomic E-state index is 5.57. The number of nitrogens with zero attached hydrogens (tertiary/aromatic N) is 3. The molecular formula is C53H51N3. The minimum Gasteiger partial charge on any atom is -0.319 e. The highest BCUT2D eigenvalue weighted by atomic mass is 15.2. The van der Waals surface area contributed by atoms with Crippen molar-refractivity contribution < 1.29 is 0 Å². The summed E-state index contributed by atoms with van der Waals surface area (Å²) in [6.07, 6.45) is 39.2. The molecule has 0 amide bonds. The molecule has 0 saturated carbocycles. The Bertz CT molecular complexity index is 2470. The van der Waals surface area contributed by atoms with E-state index in [0.717, 1.165) is 25.1 Å². The molecule has 6 aliphatic rings. The summed E-state index contributed by atoms with van der Waals surface area (Å²) in [5, 5.41) is 1.40. The topological polar surface area (TPSA) is 21.1 Å². The summed E-state index contributed by atoms with van der Waals surface area (Å²) >= 11 is 0. The largest absolute Gasteiger partial charge is 0.319 e. The predicted molar refractivity (Wildman–Crippen MR) is 233 cm³/mol. The smallest absolute Gasteiger partial charge is 0.134 e. The van der Waals surface area contributed by atoms with Gasteiger partial charge in [0.2, 0.25) is 0 Å². The first-order valence-corrected chi connectivity index (χ1v) is 21.4. The zero-order chi connectivity index (χ0) is 37.0. The van der Waals surface area contributed by atoms with Crippen molar-refractivity contribution in [1.82, 2.24) is 9.55 Å². The molecule has 7 atom stereocenters. The van der Waals surface area contributed by atoms with Gasteiger partial charge in [-0.25, -0.2) is 4.98 Å². The van der Waals surface area contributed by atoms with Crippen LogP contribution in [0.2, 0.25) is 0 Å². The summed E-state index contributed by atoms with van der Waals surface area (Å²) in [7, 11) is 0. The second-order valence-electron chi connectivity index (χ2n) is 17.1. The fraction of sp³-hybridized carbons (Fsp3) is 0.302. The number of hydrogen-bond acceptors (Lipinski definition) is 2. The zero-order valence-electron chi connectivity index (χ0n) is 32.3. The molecule has 3 aromatic carbocycles. The lowest BCUT2D eigenvalue weighted by molar-refractivity contribution is 0.307. The molecule has 3 heterocycles.